The van der Waals surface area contributed by atoms with E-state index in [1.54, 1.807) is 16.8 Å². The van der Waals surface area contributed by atoms with Crippen LogP contribution in [0.15, 0.2) is 78.9 Å². The molecule has 1 aliphatic rings. The number of carbonyl (C=O) groups excluding carboxylic acids is 1. The minimum absolute atomic E-state index is 0.117. The van der Waals surface area contributed by atoms with Crippen LogP contribution >= 0.6 is 0 Å². The molecular formula is C28H26FN3O2. The fourth-order valence-corrected chi connectivity index (χ4v) is 4.15. The Hall–Kier alpha value is -3.93. The van der Waals surface area contributed by atoms with Crippen LogP contribution in [0.4, 0.5) is 4.39 Å². The van der Waals surface area contributed by atoms with Crippen LogP contribution in [0.1, 0.15) is 34.3 Å². The number of halogens is 1. The lowest BCUT2D eigenvalue weighted by atomic mass is 10.1. The Morgan fingerprint density at radius 1 is 1.06 bits per heavy atom. The van der Waals surface area contributed by atoms with Gasteiger partial charge in [-0.05, 0) is 55.7 Å². The average molecular weight is 456 g/mol. The van der Waals surface area contributed by atoms with Crippen LogP contribution in [-0.4, -0.2) is 26.6 Å². The van der Waals surface area contributed by atoms with Crippen LogP contribution in [-0.2, 0) is 13.6 Å². The topological polar surface area (TPSA) is 47.4 Å². The van der Waals surface area contributed by atoms with Crippen LogP contribution in [0.5, 0.6) is 11.6 Å². The molecule has 0 spiro atoms. The molecule has 1 aromatic heterocycles. The van der Waals surface area contributed by atoms with Crippen molar-refractivity contribution in [1.82, 2.24) is 14.7 Å². The molecule has 172 valence electrons. The van der Waals surface area contributed by atoms with E-state index < -0.39 is 5.82 Å². The van der Waals surface area contributed by atoms with Gasteiger partial charge in [-0.3, -0.25) is 4.79 Å². The van der Waals surface area contributed by atoms with Crippen molar-refractivity contribution in [1.29, 1.82) is 0 Å². The van der Waals surface area contributed by atoms with E-state index in [4.69, 9.17) is 9.84 Å². The number of aryl methyl sites for hydroxylation is 2. The Labute approximate surface area is 198 Å². The highest BCUT2D eigenvalue weighted by atomic mass is 19.1. The zero-order valence-corrected chi connectivity index (χ0v) is 19.2. The third-order valence-electron chi connectivity index (χ3n) is 5.99. The fourth-order valence-electron chi connectivity index (χ4n) is 4.15. The second-order valence-electron chi connectivity index (χ2n) is 8.72. The van der Waals surface area contributed by atoms with Crippen LogP contribution in [0, 0.1) is 12.7 Å². The van der Waals surface area contributed by atoms with E-state index in [-0.39, 0.29) is 11.9 Å². The Balaban J connectivity index is 1.57. The zero-order chi connectivity index (χ0) is 23.7. The molecule has 4 aromatic rings. The van der Waals surface area contributed by atoms with Gasteiger partial charge < -0.3 is 9.64 Å². The highest BCUT2D eigenvalue weighted by Gasteiger charge is 2.35. The number of amides is 1. The number of hydrogen-bond donors (Lipinski definition) is 0. The van der Waals surface area contributed by atoms with Gasteiger partial charge in [-0.2, -0.15) is 5.10 Å². The van der Waals surface area contributed by atoms with E-state index in [9.17, 15) is 9.18 Å². The molecular weight excluding hydrogens is 429 g/mol. The maximum atomic E-state index is 13.9. The van der Waals surface area contributed by atoms with Gasteiger partial charge in [0.15, 0.2) is 0 Å². The van der Waals surface area contributed by atoms with Crippen molar-refractivity contribution in [3.8, 4) is 22.9 Å². The third kappa shape index (κ3) is 4.57. The molecule has 0 atom stereocenters. The number of benzene rings is 3. The first-order chi connectivity index (χ1) is 16.5. The number of aromatic nitrogens is 2. The third-order valence-corrected chi connectivity index (χ3v) is 5.99. The smallest absolute Gasteiger partial charge is 0.254 e. The van der Waals surface area contributed by atoms with Crippen molar-refractivity contribution >= 4 is 5.91 Å². The normalized spacial score (nSPS) is 13.0. The summed E-state index contributed by atoms with van der Waals surface area (Å²) in [5.74, 6) is 0.684. The van der Waals surface area contributed by atoms with Gasteiger partial charge in [0.2, 0.25) is 5.88 Å². The second-order valence-corrected chi connectivity index (χ2v) is 8.72. The van der Waals surface area contributed by atoms with E-state index in [0.717, 1.165) is 35.2 Å². The summed E-state index contributed by atoms with van der Waals surface area (Å²) in [5.41, 5.74) is 3.97. The molecule has 1 heterocycles. The largest absolute Gasteiger partial charge is 0.439 e. The molecule has 0 saturated heterocycles. The molecule has 5 rings (SSSR count). The van der Waals surface area contributed by atoms with Gasteiger partial charge in [-0.25, -0.2) is 9.07 Å². The van der Waals surface area contributed by atoms with E-state index >= 15 is 0 Å². The van der Waals surface area contributed by atoms with Crippen molar-refractivity contribution < 1.29 is 13.9 Å². The Morgan fingerprint density at radius 3 is 2.53 bits per heavy atom. The molecule has 6 heteroatoms. The van der Waals surface area contributed by atoms with Crippen molar-refractivity contribution in [2.24, 2.45) is 7.05 Å². The Morgan fingerprint density at radius 2 is 1.82 bits per heavy atom. The minimum atomic E-state index is -0.420. The number of carbonyl (C=O) groups is 1. The molecule has 0 unspecified atom stereocenters. The quantitative estimate of drug-likeness (QED) is 0.337. The molecule has 0 aliphatic heterocycles. The highest BCUT2D eigenvalue weighted by molar-refractivity contribution is 5.94. The molecule has 0 bridgehead atoms. The summed E-state index contributed by atoms with van der Waals surface area (Å²) in [6, 6.07) is 23.7. The Bertz CT molecular complexity index is 1330. The predicted octanol–water partition coefficient (Wildman–Crippen LogP) is 6.13. The Kier molecular flexibility index (Phi) is 5.88. The number of rotatable bonds is 7. The molecule has 0 radical (unpaired) electrons. The zero-order valence-electron chi connectivity index (χ0n) is 19.2. The summed E-state index contributed by atoms with van der Waals surface area (Å²) in [7, 11) is 1.84. The van der Waals surface area contributed by atoms with Gasteiger partial charge in [0, 0.05) is 24.2 Å². The van der Waals surface area contributed by atoms with Gasteiger partial charge in [0.25, 0.3) is 5.91 Å². The molecule has 1 aliphatic carbocycles. The number of hydrogen-bond acceptors (Lipinski definition) is 3. The number of nitrogens with zero attached hydrogens (tertiary/aromatic N) is 3. The number of ether oxygens (including phenoxy) is 1. The van der Waals surface area contributed by atoms with Crippen LogP contribution in [0.25, 0.3) is 11.3 Å². The van der Waals surface area contributed by atoms with Gasteiger partial charge >= 0.3 is 0 Å². The lowest BCUT2D eigenvalue weighted by molar-refractivity contribution is 0.0728. The van der Waals surface area contributed by atoms with Crippen LogP contribution in [0.2, 0.25) is 0 Å². The molecule has 3 aromatic carbocycles. The molecule has 1 saturated carbocycles. The average Bonchev–Trinajstić information content (AvgIpc) is 3.63. The summed E-state index contributed by atoms with van der Waals surface area (Å²) in [6.07, 6.45) is 1.85. The van der Waals surface area contributed by atoms with Gasteiger partial charge in [-0.1, -0.05) is 48.5 Å². The van der Waals surface area contributed by atoms with Gasteiger partial charge in [0.1, 0.15) is 17.3 Å². The van der Waals surface area contributed by atoms with Crippen LogP contribution < -0.4 is 4.74 Å². The monoisotopic (exact) mass is 455 g/mol. The first-order valence-corrected chi connectivity index (χ1v) is 11.4. The molecule has 1 amide bonds. The van der Waals surface area contributed by atoms with Gasteiger partial charge in [0.05, 0.1) is 12.1 Å². The highest BCUT2D eigenvalue weighted by Crippen LogP contribution is 2.37. The minimum Gasteiger partial charge on any atom is -0.439 e. The summed E-state index contributed by atoms with van der Waals surface area (Å²) in [6.45, 7) is 2.33. The van der Waals surface area contributed by atoms with E-state index in [1.807, 2.05) is 73.5 Å². The molecule has 5 nitrogen and oxygen atoms in total. The summed E-state index contributed by atoms with van der Waals surface area (Å²) < 4.78 is 21.9. The second kappa shape index (κ2) is 9.14. The fraction of sp³-hybridized carbons (Fsp3) is 0.214. The van der Waals surface area contributed by atoms with Crippen molar-refractivity contribution in [2.45, 2.75) is 32.4 Å². The van der Waals surface area contributed by atoms with E-state index in [1.165, 1.54) is 12.1 Å². The van der Waals surface area contributed by atoms with Crippen molar-refractivity contribution in [2.75, 3.05) is 0 Å². The standard InChI is InChI=1S/C28H26FN3O2/c1-19-8-6-13-24(16-19)34-28-25(26(30-31(28)2)20-9-4-3-5-10-20)18-32(23-14-15-23)27(33)21-11-7-12-22(29)17-21/h3-13,16-17,23H,14-15,18H2,1-2H3. The SMILES string of the molecule is Cc1cccc(Oc2c(CN(C(=O)c3cccc(F)c3)C3CC3)c(-c3ccccc3)nn2C)c1. The van der Waals surface area contributed by atoms with E-state index in [0.29, 0.717) is 23.7 Å². The maximum Gasteiger partial charge on any atom is 0.254 e. The predicted molar refractivity (Wildman–Crippen MR) is 129 cm³/mol. The lowest BCUT2D eigenvalue weighted by Gasteiger charge is -2.23. The first kappa shape index (κ1) is 21.9. The molecule has 34 heavy (non-hydrogen) atoms. The summed E-state index contributed by atoms with van der Waals surface area (Å²) >= 11 is 0. The lowest BCUT2D eigenvalue weighted by Crippen LogP contribution is -2.32. The van der Waals surface area contributed by atoms with Gasteiger partial charge in [-0.15, -0.1) is 0 Å². The molecule has 0 N–H and O–H groups in total. The van der Waals surface area contributed by atoms with Crippen LogP contribution in [0.3, 0.4) is 0 Å². The maximum absolute atomic E-state index is 13.9. The molecule has 1 fully saturated rings. The summed E-state index contributed by atoms with van der Waals surface area (Å²) in [4.78, 5) is 15.3. The summed E-state index contributed by atoms with van der Waals surface area (Å²) in [5, 5.41) is 4.77. The first-order valence-electron chi connectivity index (χ1n) is 11.4. The van der Waals surface area contributed by atoms with Crippen molar-refractivity contribution in [3.05, 3.63) is 101 Å². The van der Waals surface area contributed by atoms with Crippen molar-refractivity contribution in [3.63, 3.8) is 0 Å². The van der Waals surface area contributed by atoms with E-state index in [2.05, 4.69) is 0 Å².